The number of hydrogen-bond acceptors (Lipinski definition) is 5. The van der Waals surface area contributed by atoms with E-state index < -0.39 is 35.6 Å². The van der Waals surface area contributed by atoms with E-state index in [0.717, 1.165) is 0 Å². The number of amides is 3. The quantitative estimate of drug-likeness (QED) is 0.606. The minimum absolute atomic E-state index is 0.107. The first kappa shape index (κ1) is 21.8. The number of para-hydroxylation sites is 1. The highest BCUT2D eigenvalue weighted by Crippen LogP contribution is 2.59. The van der Waals surface area contributed by atoms with Crippen molar-refractivity contribution in [2.24, 2.45) is 11.8 Å². The van der Waals surface area contributed by atoms with Crippen molar-refractivity contribution >= 4 is 23.4 Å². The fourth-order valence-electron chi connectivity index (χ4n) is 5.61. The summed E-state index contributed by atoms with van der Waals surface area (Å²) in [5, 5.41) is 15.8. The van der Waals surface area contributed by atoms with Gasteiger partial charge in [0.05, 0.1) is 30.6 Å². The van der Waals surface area contributed by atoms with Crippen molar-refractivity contribution in [3.8, 4) is 0 Å². The van der Waals surface area contributed by atoms with Crippen LogP contribution in [-0.4, -0.2) is 64.2 Å². The van der Waals surface area contributed by atoms with E-state index >= 15 is 0 Å². The Labute approximate surface area is 182 Å². The lowest BCUT2D eigenvalue weighted by atomic mass is 9.70. The second-order valence-electron chi connectivity index (χ2n) is 9.06. The molecule has 0 radical (unpaired) electrons. The number of carbonyl (C=O) groups is 3. The molecule has 4 rings (SSSR count). The Morgan fingerprint density at radius 3 is 2.58 bits per heavy atom. The molecule has 168 valence electrons. The number of anilines is 1. The van der Waals surface area contributed by atoms with Gasteiger partial charge in [-0.2, -0.15) is 0 Å². The molecule has 0 aromatic heterocycles. The SMILES string of the molecule is CC[C@@H](CO)N1C(=O)[C@@H]2[C@@H](C(=O)Nc3ccccc3)[C@H]3CCC2(O3)C1C(=O)NC(C)C. The summed E-state index contributed by atoms with van der Waals surface area (Å²) in [4.78, 5) is 41.7. The maximum Gasteiger partial charge on any atom is 0.246 e. The molecule has 3 fully saturated rings. The smallest absolute Gasteiger partial charge is 0.246 e. The third kappa shape index (κ3) is 3.42. The van der Waals surface area contributed by atoms with Gasteiger partial charge in [-0.3, -0.25) is 14.4 Å². The Bertz CT molecular complexity index is 856. The minimum atomic E-state index is -1.04. The zero-order valence-electron chi connectivity index (χ0n) is 18.2. The molecule has 0 aliphatic carbocycles. The molecule has 2 unspecified atom stereocenters. The fourth-order valence-corrected chi connectivity index (χ4v) is 5.61. The Morgan fingerprint density at radius 2 is 1.97 bits per heavy atom. The number of aliphatic hydroxyl groups is 1. The van der Waals surface area contributed by atoms with E-state index in [-0.39, 0.29) is 30.4 Å². The van der Waals surface area contributed by atoms with E-state index in [0.29, 0.717) is 24.9 Å². The molecular weight excluding hydrogens is 398 g/mol. The number of nitrogens with zero attached hydrogens (tertiary/aromatic N) is 1. The molecule has 3 aliphatic rings. The van der Waals surface area contributed by atoms with Gasteiger partial charge in [0.15, 0.2) is 0 Å². The third-order valence-corrected chi connectivity index (χ3v) is 6.84. The summed E-state index contributed by atoms with van der Waals surface area (Å²) in [6.45, 7) is 5.34. The van der Waals surface area contributed by atoms with Crippen LogP contribution in [0.2, 0.25) is 0 Å². The van der Waals surface area contributed by atoms with Crippen LogP contribution < -0.4 is 10.6 Å². The molecule has 1 aromatic rings. The largest absolute Gasteiger partial charge is 0.394 e. The predicted molar refractivity (Wildman–Crippen MR) is 114 cm³/mol. The number of likely N-dealkylation sites (tertiary alicyclic amines) is 1. The molecule has 2 bridgehead atoms. The van der Waals surface area contributed by atoms with Gasteiger partial charge in [0.1, 0.15) is 11.6 Å². The fraction of sp³-hybridized carbons (Fsp3) is 0.609. The lowest BCUT2D eigenvalue weighted by Gasteiger charge is -2.36. The molecule has 3 aliphatic heterocycles. The molecule has 3 heterocycles. The molecule has 6 atom stereocenters. The van der Waals surface area contributed by atoms with E-state index in [1.54, 1.807) is 12.1 Å². The van der Waals surface area contributed by atoms with Gasteiger partial charge < -0.3 is 25.4 Å². The second kappa shape index (κ2) is 8.24. The van der Waals surface area contributed by atoms with Crippen molar-refractivity contribution in [3.05, 3.63) is 30.3 Å². The molecule has 8 nitrogen and oxygen atoms in total. The first-order valence-electron chi connectivity index (χ1n) is 11.1. The van der Waals surface area contributed by atoms with Gasteiger partial charge in [0.2, 0.25) is 17.7 Å². The van der Waals surface area contributed by atoms with Crippen LogP contribution in [0.25, 0.3) is 0 Å². The maximum absolute atomic E-state index is 13.7. The average Bonchev–Trinajstić information content (AvgIpc) is 3.37. The number of carbonyl (C=O) groups excluding carboxylic acids is 3. The summed E-state index contributed by atoms with van der Waals surface area (Å²) in [5.41, 5.74) is -0.385. The first-order valence-corrected chi connectivity index (χ1v) is 11.1. The van der Waals surface area contributed by atoms with Gasteiger partial charge in [0, 0.05) is 11.7 Å². The highest BCUT2D eigenvalue weighted by Gasteiger charge is 2.75. The molecule has 3 N–H and O–H groups in total. The Morgan fingerprint density at radius 1 is 1.26 bits per heavy atom. The Kier molecular flexibility index (Phi) is 5.79. The number of hydrogen-bond donors (Lipinski definition) is 3. The summed E-state index contributed by atoms with van der Waals surface area (Å²) >= 11 is 0. The number of ether oxygens (including phenoxy) is 1. The molecule has 1 spiro atoms. The van der Waals surface area contributed by atoms with Gasteiger partial charge in [-0.1, -0.05) is 25.1 Å². The summed E-state index contributed by atoms with van der Waals surface area (Å²) in [6, 6.07) is 7.64. The van der Waals surface area contributed by atoms with E-state index in [1.165, 1.54) is 4.90 Å². The number of nitrogens with one attached hydrogen (secondary N) is 2. The second-order valence-corrected chi connectivity index (χ2v) is 9.06. The van der Waals surface area contributed by atoms with Crippen molar-refractivity contribution in [2.75, 3.05) is 11.9 Å². The first-order chi connectivity index (χ1) is 14.8. The van der Waals surface area contributed by atoms with Crippen LogP contribution >= 0.6 is 0 Å². The average molecular weight is 430 g/mol. The van der Waals surface area contributed by atoms with Gasteiger partial charge in [-0.25, -0.2) is 0 Å². The van der Waals surface area contributed by atoms with E-state index in [2.05, 4.69) is 10.6 Å². The van der Waals surface area contributed by atoms with Gasteiger partial charge >= 0.3 is 0 Å². The molecule has 3 amide bonds. The topological polar surface area (TPSA) is 108 Å². The Balaban J connectivity index is 1.70. The van der Waals surface area contributed by atoms with Crippen LogP contribution in [0.3, 0.4) is 0 Å². The van der Waals surface area contributed by atoms with Gasteiger partial charge in [-0.05, 0) is 45.2 Å². The van der Waals surface area contributed by atoms with Gasteiger partial charge in [-0.15, -0.1) is 0 Å². The van der Waals surface area contributed by atoms with Crippen LogP contribution in [0.5, 0.6) is 0 Å². The lowest BCUT2D eigenvalue weighted by Crippen LogP contribution is -2.58. The minimum Gasteiger partial charge on any atom is -0.394 e. The highest BCUT2D eigenvalue weighted by molar-refractivity contribution is 6.02. The van der Waals surface area contributed by atoms with E-state index in [4.69, 9.17) is 4.74 Å². The monoisotopic (exact) mass is 429 g/mol. The summed E-state index contributed by atoms with van der Waals surface area (Å²) in [6.07, 6.45) is 1.26. The number of fused-ring (bicyclic) bond motifs is 1. The normalized spacial score (nSPS) is 32.3. The predicted octanol–water partition coefficient (Wildman–Crippen LogP) is 1.30. The molecule has 1 aromatic carbocycles. The van der Waals surface area contributed by atoms with E-state index in [1.807, 2.05) is 39.0 Å². The van der Waals surface area contributed by atoms with Crippen molar-refractivity contribution in [3.63, 3.8) is 0 Å². The third-order valence-electron chi connectivity index (χ3n) is 6.84. The van der Waals surface area contributed by atoms with Gasteiger partial charge in [0.25, 0.3) is 0 Å². The van der Waals surface area contributed by atoms with Crippen LogP contribution in [0.1, 0.15) is 40.0 Å². The maximum atomic E-state index is 13.7. The molecule has 0 saturated carbocycles. The molecule has 31 heavy (non-hydrogen) atoms. The molecule has 8 heteroatoms. The number of rotatable bonds is 7. The molecular formula is C23H31N3O5. The van der Waals surface area contributed by atoms with E-state index in [9.17, 15) is 19.5 Å². The summed E-state index contributed by atoms with van der Waals surface area (Å²) in [5.74, 6) is -2.24. The lowest BCUT2D eigenvalue weighted by molar-refractivity contribution is -0.145. The van der Waals surface area contributed by atoms with Crippen LogP contribution in [-0.2, 0) is 19.1 Å². The summed E-state index contributed by atoms with van der Waals surface area (Å²) in [7, 11) is 0. The Hall–Kier alpha value is -2.45. The standard InChI is InChI=1S/C23H31N3O5/c1-4-15(12-27)26-19(21(29)24-13(2)3)23-11-10-16(31-23)17(18(23)22(26)30)20(28)25-14-8-6-5-7-9-14/h5-9,13,15-19,27H,4,10-12H2,1-3H3,(H,24,29)(H,25,28)/t15-,16+,17-,18-,19?,23?/m0/s1. The van der Waals surface area contributed by atoms with Crippen molar-refractivity contribution in [2.45, 2.75) is 69.9 Å². The van der Waals surface area contributed by atoms with Crippen LogP contribution in [0.4, 0.5) is 5.69 Å². The number of benzene rings is 1. The van der Waals surface area contributed by atoms with Crippen molar-refractivity contribution < 1.29 is 24.2 Å². The number of aliphatic hydroxyl groups excluding tert-OH is 1. The highest BCUT2D eigenvalue weighted by atomic mass is 16.5. The zero-order valence-corrected chi connectivity index (χ0v) is 18.2. The zero-order chi connectivity index (χ0) is 22.3. The van der Waals surface area contributed by atoms with Crippen LogP contribution in [0, 0.1) is 11.8 Å². The molecule has 3 saturated heterocycles. The van der Waals surface area contributed by atoms with Crippen molar-refractivity contribution in [1.29, 1.82) is 0 Å². The summed E-state index contributed by atoms with van der Waals surface area (Å²) < 4.78 is 6.34. The van der Waals surface area contributed by atoms with Crippen LogP contribution in [0.15, 0.2) is 30.3 Å². The van der Waals surface area contributed by atoms with Crippen molar-refractivity contribution in [1.82, 2.24) is 10.2 Å².